The second-order valence-corrected chi connectivity index (χ2v) is 3.57. The minimum atomic E-state index is -0.621. The van der Waals surface area contributed by atoms with E-state index in [-0.39, 0.29) is 6.61 Å². The van der Waals surface area contributed by atoms with Crippen molar-refractivity contribution in [3.8, 4) is 0 Å². The van der Waals surface area contributed by atoms with E-state index in [1.54, 1.807) is 0 Å². The first-order chi connectivity index (χ1) is 7.31. The molecule has 80 valence electrons. The molecule has 3 heteroatoms. The van der Waals surface area contributed by atoms with E-state index in [1.807, 2.05) is 30.3 Å². The fraction of sp³-hybridized carbons (Fsp3) is 0.333. The Morgan fingerprint density at radius 1 is 1.27 bits per heavy atom. The molecule has 1 aromatic heterocycles. The topological polar surface area (TPSA) is 53.6 Å². The maximum atomic E-state index is 9.75. The Morgan fingerprint density at radius 3 is 2.80 bits per heavy atom. The third-order valence-corrected chi connectivity index (χ3v) is 2.41. The van der Waals surface area contributed by atoms with Crippen molar-refractivity contribution >= 4 is 11.0 Å². The summed E-state index contributed by atoms with van der Waals surface area (Å²) in [4.78, 5) is 0. The summed E-state index contributed by atoms with van der Waals surface area (Å²) in [6.45, 7) is 0.0945. The minimum Gasteiger partial charge on any atom is -0.458 e. The summed E-state index contributed by atoms with van der Waals surface area (Å²) in [7, 11) is 0. The van der Waals surface area contributed by atoms with Crippen LogP contribution in [0, 0.1) is 0 Å². The van der Waals surface area contributed by atoms with Gasteiger partial charge >= 0.3 is 0 Å². The van der Waals surface area contributed by atoms with Crippen molar-refractivity contribution in [2.24, 2.45) is 0 Å². The SMILES string of the molecule is OCCC[C@H](O)c1cc2ccccc2o1. The first-order valence-corrected chi connectivity index (χ1v) is 5.08. The average Bonchev–Trinajstić information content (AvgIpc) is 2.69. The molecule has 0 saturated carbocycles. The van der Waals surface area contributed by atoms with E-state index < -0.39 is 6.10 Å². The summed E-state index contributed by atoms with van der Waals surface area (Å²) in [6.07, 6.45) is 0.485. The molecule has 0 amide bonds. The zero-order chi connectivity index (χ0) is 10.7. The predicted octanol–water partition coefficient (Wildman–Crippen LogP) is 2.24. The van der Waals surface area contributed by atoms with Crippen molar-refractivity contribution in [2.45, 2.75) is 18.9 Å². The van der Waals surface area contributed by atoms with E-state index in [4.69, 9.17) is 9.52 Å². The van der Waals surface area contributed by atoms with Crippen LogP contribution in [-0.2, 0) is 0 Å². The van der Waals surface area contributed by atoms with Crippen LogP contribution in [0.25, 0.3) is 11.0 Å². The molecule has 0 saturated heterocycles. The van der Waals surface area contributed by atoms with Crippen molar-refractivity contribution < 1.29 is 14.6 Å². The summed E-state index contributed by atoms with van der Waals surface area (Å²) in [6, 6.07) is 9.49. The Balaban J connectivity index is 2.20. The monoisotopic (exact) mass is 206 g/mol. The van der Waals surface area contributed by atoms with Crippen LogP contribution in [0.2, 0.25) is 0 Å². The van der Waals surface area contributed by atoms with Crippen molar-refractivity contribution in [1.29, 1.82) is 0 Å². The zero-order valence-electron chi connectivity index (χ0n) is 8.39. The molecule has 0 aliphatic rings. The number of para-hydroxylation sites is 1. The van der Waals surface area contributed by atoms with Crippen molar-refractivity contribution in [3.63, 3.8) is 0 Å². The molecule has 15 heavy (non-hydrogen) atoms. The normalized spacial score (nSPS) is 13.2. The van der Waals surface area contributed by atoms with Gasteiger partial charge in [-0.1, -0.05) is 18.2 Å². The summed E-state index contributed by atoms with van der Waals surface area (Å²) in [5.41, 5.74) is 0.788. The van der Waals surface area contributed by atoms with Gasteiger partial charge in [-0.2, -0.15) is 0 Å². The van der Waals surface area contributed by atoms with Gasteiger partial charge in [0.2, 0.25) is 0 Å². The van der Waals surface area contributed by atoms with Crippen LogP contribution in [0.5, 0.6) is 0 Å². The first kappa shape index (κ1) is 10.2. The Hall–Kier alpha value is -1.32. The standard InChI is InChI=1S/C12H14O3/c13-7-3-5-10(14)12-8-9-4-1-2-6-11(9)15-12/h1-2,4,6,8,10,13-14H,3,5,7H2/t10-/m0/s1. The van der Waals surface area contributed by atoms with E-state index in [1.165, 1.54) is 0 Å². The van der Waals surface area contributed by atoms with Gasteiger partial charge in [-0.05, 0) is 25.0 Å². The number of fused-ring (bicyclic) bond motifs is 1. The summed E-state index contributed by atoms with van der Waals surface area (Å²) in [5.74, 6) is 0.574. The molecule has 3 nitrogen and oxygen atoms in total. The Labute approximate surface area is 88.0 Å². The molecular weight excluding hydrogens is 192 g/mol. The van der Waals surface area contributed by atoms with Crippen LogP contribution in [-0.4, -0.2) is 16.8 Å². The van der Waals surface area contributed by atoms with E-state index in [0.29, 0.717) is 18.6 Å². The van der Waals surface area contributed by atoms with Gasteiger partial charge in [0, 0.05) is 12.0 Å². The van der Waals surface area contributed by atoms with Crippen LogP contribution < -0.4 is 0 Å². The highest BCUT2D eigenvalue weighted by atomic mass is 16.4. The lowest BCUT2D eigenvalue weighted by atomic mass is 10.1. The molecule has 0 unspecified atom stereocenters. The number of aliphatic hydroxyl groups is 2. The van der Waals surface area contributed by atoms with Crippen LogP contribution >= 0.6 is 0 Å². The largest absolute Gasteiger partial charge is 0.458 e. The molecule has 1 aromatic carbocycles. The maximum absolute atomic E-state index is 9.75. The predicted molar refractivity (Wildman–Crippen MR) is 57.5 cm³/mol. The lowest BCUT2D eigenvalue weighted by Gasteiger charge is -2.04. The third kappa shape index (κ3) is 2.19. The molecule has 1 heterocycles. The molecule has 0 aliphatic carbocycles. The molecule has 2 aromatic rings. The summed E-state index contributed by atoms with van der Waals surface area (Å²) >= 11 is 0. The average molecular weight is 206 g/mol. The van der Waals surface area contributed by atoms with Crippen LogP contribution in [0.4, 0.5) is 0 Å². The number of aliphatic hydroxyl groups excluding tert-OH is 2. The van der Waals surface area contributed by atoms with Crippen molar-refractivity contribution in [3.05, 3.63) is 36.1 Å². The van der Waals surface area contributed by atoms with E-state index in [0.717, 1.165) is 11.0 Å². The van der Waals surface area contributed by atoms with Crippen LogP contribution in [0.15, 0.2) is 34.7 Å². The fourth-order valence-electron chi connectivity index (χ4n) is 1.59. The second-order valence-electron chi connectivity index (χ2n) is 3.57. The van der Waals surface area contributed by atoms with Gasteiger partial charge < -0.3 is 14.6 Å². The first-order valence-electron chi connectivity index (χ1n) is 5.08. The van der Waals surface area contributed by atoms with Gasteiger partial charge in [-0.3, -0.25) is 0 Å². The number of hydrogen-bond acceptors (Lipinski definition) is 3. The number of rotatable bonds is 4. The van der Waals surface area contributed by atoms with E-state index in [2.05, 4.69) is 0 Å². The summed E-state index contributed by atoms with van der Waals surface area (Å²) < 4.78 is 5.50. The molecular formula is C12H14O3. The van der Waals surface area contributed by atoms with E-state index >= 15 is 0 Å². The van der Waals surface area contributed by atoms with Gasteiger partial charge in [-0.15, -0.1) is 0 Å². The Morgan fingerprint density at radius 2 is 2.07 bits per heavy atom. The lowest BCUT2D eigenvalue weighted by Crippen LogP contribution is -1.96. The number of hydrogen-bond donors (Lipinski definition) is 2. The highest BCUT2D eigenvalue weighted by Gasteiger charge is 2.12. The second kappa shape index (κ2) is 4.47. The molecule has 0 radical (unpaired) electrons. The maximum Gasteiger partial charge on any atom is 0.134 e. The quantitative estimate of drug-likeness (QED) is 0.806. The summed E-state index contributed by atoms with van der Waals surface area (Å²) in [5, 5.41) is 19.4. The van der Waals surface area contributed by atoms with E-state index in [9.17, 15) is 5.11 Å². The lowest BCUT2D eigenvalue weighted by molar-refractivity contribution is 0.130. The van der Waals surface area contributed by atoms with Crippen LogP contribution in [0.1, 0.15) is 24.7 Å². The van der Waals surface area contributed by atoms with Gasteiger partial charge in [0.25, 0.3) is 0 Å². The molecule has 2 rings (SSSR count). The highest BCUT2D eigenvalue weighted by molar-refractivity contribution is 5.77. The number of furan rings is 1. The molecule has 0 aliphatic heterocycles. The fourth-order valence-corrected chi connectivity index (χ4v) is 1.59. The highest BCUT2D eigenvalue weighted by Crippen LogP contribution is 2.25. The smallest absolute Gasteiger partial charge is 0.134 e. The molecule has 0 spiro atoms. The zero-order valence-corrected chi connectivity index (χ0v) is 8.39. The van der Waals surface area contributed by atoms with Gasteiger partial charge in [0.1, 0.15) is 17.4 Å². The molecule has 0 fully saturated rings. The Bertz CT molecular complexity index is 400. The molecule has 2 N–H and O–H groups in total. The van der Waals surface area contributed by atoms with Gasteiger partial charge in [0.15, 0.2) is 0 Å². The van der Waals surface area contributed by atoms with Crippen molar-refractivity contribution in [1.82, 2.24) is 0 Å². The molecule has 0 bridgehead atoms. The Kier molecular flexibility index (Phi) is 3.04. The third-order valence-electron chi connectivity index (χ3n) is 2.41. The number of benzene rings is 1. The minimum absolute atomic E-state index is 0.0945. The van der Waals surface area contributed by atoms with Crippen molar-refractivity contribution in [2.75, 3.05) is 6.61 Å². The van der Waals surface area contributed by atoms with Crippen LogP contribution in [0.3, 0.4) is 0 Å². The van der Waals surface area contributed by atoms with Gasteiger partial charge in [-0.25, -0.2) is 0 Å². The molecule has 1 atom stereocenters. The van der Waals surface area contributed by atoms with Gasteiger partial charge in [0.05, 0.1) is 0 Å².